The zero-order chi connectivity index (χ0) is 24.1. The van der Waals surface area contributed by atoms with Crippen molar-refractivity contribution in [3.05, 3.63) is 59.8 Å². The summed E-state index contributed by atoms with van der Waals surface area (Å²) in [6.45, 7) is 7.35. The van der Waals surface area contributed by atoms with E-state index in [1.807, 2.05) is 31.3 Å². The summed E-state index contributed by atoms with van der Waals surface area (Å²) in [6.07, 6.45) is 2.18. The van der Waals surface area contributed by atoms with Crippen LogP contribution in [0, 0.1) is 0 Å². The van der Waals surface area contributed by atoms with Crippen LogP contribution in [0.4, 0.5) is 16.2 Å². The summed E-state index contributed by atoms with van der Waals surface area (Å²) in [5.74, 6) is 0.738. The number of morpholine rings is 1. The van der Waals surface area contributed by atoms with Crippen molar-refractivity contribution in [2.45, 2.75) is 26.1 Å². The zero-order valence-electron chi connectivity index (χ0n) is 19.6. The van der Waals surface area contributed by atoms with Gasteiger partial charge in [-0.1, -0.05) is 11.6 Å². The van der Waals surface area contributed by atoms with E-state index in [1.54, 1.807) is 35.1 Å². The zero-order valence-corrected chi connectivity index (χ0v) is 20.4. The number of halogens is 1. The lowest BCUT2D eigenvalue weighted by atomic mass is 10.1. The molecule has 0 saturated carbocycles. The summed E-state index contributed by atoms with van der Waals surface area (Å²) in [5.41, 5.74) is 3.05. The highest BCUT2D eigenvalue weighted by molar-refractivity contribution is 6.30. The van der Waals surface area contributed by atoms with E-state index in [9.17, 15) is 4.79 Å². The second-order valence-corrected chi connectivity index (χ2v) is 8.94. The molecule has 2 heterocycles. The van der Waals surface area contributed by atoms with E-state index in [4.69, 9.17) is 21.1 Å². The summed E-state index contributed by atoms with van der Waals surface area (Å²) < 4.78 is 13.8. The average Bonchev–Trinajstić information content (AvgIpc) is 3.21. The van der Waals surface area contributed by atoms with E-state index in [0.29, 0.717) is 23.0 Å². The predicted molar refractivity (Wildman–Crippen MR) is 135 cm³/mol. The van der Waals surface area contributed by atoms with Crippen molar-refractivity contribution in [1.29, 1.82) is 0 Å². The quantitative estimate of drug-likeness (QED) is 0.501. The van der Waals surface area contributed by atoms with Gasteiger partial charge in [0.1, 0.15) is 12.4 Å². The Balaban J connectivity index is 1.45. The molecule has 2 N–H and O–H groups in total. The van der Waals surface area contributed by atoms with Gasteiger partial charge < -0.3 is 20.1 Å². The number of rotatable bonds is 7. The molecule has 0 aliphatic carbocycles. The van der Waals surface area contributed by atoms with E-state index in [2.05, 4.69) is 34.5 Å². The third kappa shape index (κ3) is 6.28. The van der Waals surface area contributed by atoms with Gasteiger partial charge in [0.15, 0.2) is 0 Å². The Morgan fingerprint density at radius 2 is 1.76 bits per heavy atom. The number of urea groups is 1. The molecule has 1 fully saturated rings. The molecule has 2 aromatic carbocycles. The Labute approximate surface area is 204 Å². The molecule has 2 amide bonds. The second kappa shape index (κ2) is 10.9. The summed E-state index contributed by atoms with van der Waals surface area (Å²) in [4.78, 5) is 14.9. The second-order valence-electron chi connectivity index (χ2n) is 8.50. The molecule has 0 bridgehead atoms. The van der Waals surface area contributed by atoms with Gasteiger partial charge in [-0.25, -0.2) is 4.79 Å². The lowest BCUT2D eigenvalue weighted by Crippen LogP contribution is -2.46. The number of nitrogens with zero attached hydrogens (tertiary/aromatic N) is 3. The van der Waals surface area contributed by atoms with Crippen LogP contribution >= 0.6 is 11.6 Å². The highest BCUT2D eigenvalue weighted by atomic mass is 35.5. The molecule has 4 rings (SSSR count). The van der Waals surface area contributed by atoms with E-state index < -0.39 is 0 Å². The number of hydrogen-bond acceptors (Lipinski definition) is 5. The number of aromatic nitrogens is 2. The first-order valence-corrected chi connectivity index (χ1v) is 11.7. The Hall–Kier alpha value is -3.07. The standard InChI is InChI=1S/C25H30ClN5O3/c1-17-15-31(16-18(2)34-17)12-13-33-24-9-8-21(14-22(24)23-10-11-27-30(23)3)29-25(32)28-20-6-4-19(26)5-7-20/h4-11,14,17-18H,12-13,15-16H2,1-3H3,(H2,28,29,32). The van der Waals surface area contributed by atoms with Crippen LogP contribution in [0.25, 0.3) is 11.3 Å². The molecule has 1 saturated heterocycles. The van der Waals surface area contributed by atoms with Gasteiger partial charge in [-0.05, 0) is 62.4 Å². The Bertz CT molecular complexity index is 1110. The number of benzene rings is 2. The summed E-state index contributed by atoms with van der Waals surface area (Å²) >= 11 is 5.91. The van der Waals surface area contributed by atoms with Crippen molar-refractivity contribution in [2.75, 3.05) is 36.9 Å². The van der Waals surface area contributed by atoms with Crippen LogP contribution in [0.5, 0.6) is 5.75 Å². The van der Waals surface area contributed by atoms with E-state index in [1.165, 1.54) is 0 Å². The summed E-state index contributed by atoms with van der Waals surface area (Å²) in [7, 11) is 1.88. The molecule has 0 spiro atoms. The number of nitrogens with one attached hydrogen (secondary N) is 2. The molecule has 1 aliphatic rings. The van der Waals surface area contributed by atoms with Gasteiger partial charge in [-0.3, -0.25) is 9.58 Å². The highest BCUT2D eigenvalue weighted by Crippen LogP contribution is 2.32. The maximum atomic E-state index is 12.5. The molecule has 8 nitrogen and oxygen atoms in total. The van der Waals surface area contributed by atoms with Crippen molar-refractivity contribution in [3.8, 4) is 17.0 Å². The molecular formula is C25H30ClN5O3. The minimum atomic E-state index is -0.345. The van der Waals surface area contributed by atoms with Gasteiger partial charge in [0, 0.05) is 54.8 Å². The van der Waals surface area contributed by atoms with Gasteiger partial charge >= 0.3 is 6.03 Å². The number of carbonyl (C=O) groups excluding carboxylic acids is 1. The van der Waals surface area contributed by atoms with Crippen LogP contribution in [-0.2, 0) is 11.8 Å². The fraction of sp³-hybridized carbons (Fsp3) is 0.360. The summed E-state index contributed by atoms with van der Waals surface area (Å²) in [5, 5.41) is 10.6. The van der Waals surface area contributed by atoms with Crippen LogP contribution in [0.2, 0.25) is 5.02 Å². The van der Waals surface area contributed by atoms with Gasteiger partial charge in [0.2, 0.25) is 0 Å². The van der Waals surface area contributed by atoms with Crippen molar-refractivity contribution in [1.82, 2.24) is 14.7 Å². The van der Waals surface area contributed by atoms with Gasteiger partial charge in [-0.15, -0.1) is 0 Å². The van der Waals surface area contributed by atoms with Crippen LogP contribution in [0.15, 0.2) is 54.7 Å². The third-order valence-electron chi connectivity index (χ3n) is 5.60. The van der Waals surface area contributed by atoms with Crippen LogP contribution in [0.1, 0.15) is 13.8 Å². The largest absolute Gasteiger partial charge is 0.492 e. The average molecular weight is 484 g/mol. The first-order valence-electron chi connectivity index (χ1n) is 11.3. The fourth-order valence-corrected chi connectivity index (χ4v) is 4.28. The number of carbonyl (C=O) groups is 1. The smallest absolute Gasteiger partial charge is 0.323 e. The van der Waals surface area contributed by atoms with Gasteiger partial charge in [0.05, 0.1) is 17.9 Å². The first kappa shape index (κ1) is 24.1. The Kier molecular flexibility index (Phi) is 7.72. The molecule has 34 heavy (non-hydrogen) atoms. The monoisotopic (exact) mass is 483 g/mol. The summed E-state index contributed by atoms with van der Waals surface area (Å²) in [6, 6.07) is 14.1. The number of amides is 2. The third-order valence-corrected chi connectivity index (χ3v) is 5.85. The van der Waals surface area contributed by atoms with E-state index >= 15 is 0 Å². The minimum absolute atomic E-state index is 0.220. The number of aryl methyl sites for hydroxylation is 1. The van der Waals surface area contributed by atoms with Crippen molar-refractivity contribution in [3.63, 3.8) is 0 Å². The Morgan fingerprint density at radius 3 is 2.44 bits per heavy atom. The lowest BCUT2D eigenvalue weighted by Gasteiger charge is -2.35. The number of hydrogen-bond donors (Lipinski definition) is 2. The predicted octanol–water partition coefficient (Wildman–Crippen LogP) is 4.87. The van der Waals surface area contributed by atoms with Gasteiger partial charge in [-0.2, -0.15) is 5.10 Å². The molecule has 2 atom stereocenters. The molecule has 1 aromatic heterocycles. The van der Waals surface area contributed by atoms with Crippen LogP contribution in [0.3, 0.4) is 0 Å². The molecular weight excluding hydrogens is 454 g/mol. The van der Waals surface area contributed by atoms with Crippen LogP contribution in [-0.4, -0.2) is 59.2 Å². The maximum Gasteiger partial charge on any atom is 0.323 e. The first-order chi connectivity index (χ1) is 16.4. The van der Waals surface area contributed by atoms with E-state index in [0.717, 1.165) is 36.6 Å². The molecule has 0 radical (unpaired) electrons. The Morgan fingerprint density at radius 1 is 1.09 bits per heavy atom. The van der Waals surface area contributed by atoms with Crippen molar-refractivity contribution < 1.29 is 14.3 Å². The van der Waals surface area contributed by atoms with E-state index in [-0.39, 0.29) is 18.2 Å². The maximum absolute atomic E-state index is 12.5. The molecule has 1 aliphatic heterocycles. The van der Waals surface area contributed by atoms with Gasteiger partial charge in [0.25, 0.3) is 0 Å². The van der Waals surface area contributed by atoms with Crippen LogP contribution < -0.4 is 15.4 Å². The minimum Gasteiger partial charge on any atom is -0.492 e. The normalized spacial score (nSPS) is 18.5. The highest BCUT2D eigenvalue weighted by Gasteiger charge is 2.22. The topological polar surface area (TPSA) is 80.7 Å². The number of anilines is 2. The SMILES string of the molecule is CC1CN(CCOc2ccc(NC(=O)Nc3ccc(Cl)cc3)cc2-c2ccnn2C)CC(C)O1. The van der Waals surface area contributed by atoms with Crippen molar-refractivity contribution in [2.24, 2.45) is 7.05 Å². The fourth-order valence-electron chi connectivity index (χ4n) is 4.15. The molecule has 9 heteroatoms. The molecule has 2 unspecified atom stereocenters. The van der Waals surface area contributed by atoms with Crippen molar-refractivity contribution >= 4 is 29.0 Å². The molecule has 180 valence electrons. The number of ether oxygens (including phenoxy) is 2. The molecule has 3 aromatic rings. The lowest BCUT2D eigenvalue weighted by molar-refractivity contribution is -0.0699.